The molecule has 1 aromatic carbocycles. The van der Waals surface area contributed by atoms with Crippen LogP contribution < -0.4 is 4.90 Å². The minimum absolute atomic E-state index is 0.615. The van der Waals surface area contributed by atoms with Crippen LogP contribution in [0.5, 0.6) is 0 Å². The average Bonchev–Trinajstić information content (AvgIpc) is 3.16. The molecule has 0 radical (unpaired) electrons. The number of benzene rings is 1. The van der Waals surface area contributed by atoms with Crippen LogP contribution in [0.1, 0.15) is 36.2 Å². The highest BCUT2D eigenvalue weighted by atomic mass is 35.5. The number of imidazole rings is 1. The Morgan fingerprint density at radius 1 is 1.00 bits per heavy atom. The Hall–Kier alpha value is -3.00. The van der Waals surface area contributed by atoms with Gasteiger partial charge in [-0.1, -0.05) is 23.7 Å². The lowest BCUT2D eigenvalue weighted by molar-refractivity contribution is 0.0651. The van der Waals surface area contributed by atoms with Gasteiger partial charge in [-0.3, -0.25) is 4.40 Å². The zero-order valence-electron chi connectivity index (χ0n) is 18.8. The molecular weight excluding hydrogens is 450 g/mol. The molecule has 34 heavy (non-hydrogen) atoms. The third-order valence-electron chi connectivity index (χ3n) is 6.85. The molecule has 4 aromatic rings. The lowest BCUT2D eigenvalue weighted by Crippen LogP contribution is -2.37. The summed E-state index contributed by atoms with van der Waals surface area (Å²) in [5.74, 6) is 0.722. The molecule has 2 aliphatic rings. The van der Waals surface area contributed by atoms with E-state index in [4.69, 9.17) is 21.3 Å². The number of hydrogen-bond acceptors (Lipinski definition) is 6. The maximum atomic E-state index is 12.1. The predicted molar refractivity (Wildman–Crippen MR) is 131 cm³/mol. The minimum atomic E-state index is -1.16. The average molecular weight is 476 g/mol. The first-order valence-corrected chi connectivity index (χ1v) is 12.1. The monoisotopic (exact) mass is 475 g/mol. The quantitative estimate of drug-likeness (QED) is 0.446. The summed E-state index contributed by atoms with van der Waals surface area (Å²) in [4.78, 5) is 16.2. The minimum Gasteiger partial charge on any atom is -0.379 e. The van der Waals surface area contributed by atoms with Crippen molar-refractivity contribution in [3.63, 3.8) is 0 Å². The molecule has 1 unspecified atom stereocenters. The number of hydrogen-bond donors (Lipinski definition) is 1. The molecule has 4 heterocycles. The zero-order valence-corrected chi connectivity index (χ0v) is 19.6. The largest absolute Gasteiger partial charge is 0.379 e. The van der Waals surface area contributed by atoms with Crippen LogP contribution in [0.15, 0.2) is 55.0 Å². The number of ether oxygens (including phenoxy) is 1. The summed E-state index contributed by atoms with van der Waals surface area (Å²) in [6.07, 6.45) is 9.12. The standard InChI is InChI=1S/C26H26ClN5O2/c27-21-5-3-4-20(14-21)26(33)9-2-1-6-22-24(26)32-17-18(7-8-23(32)30-22)19-15-28-25(29-16-19)31-10-12-34-13-11-31/h3-5,7-8,14-17,33H,1-2,6,9-13H2. The zero-order chi connectivity index (χ0) is 23.1. The van der Waals surface area contributed by atoms with Crippen LogP contribution in [0.4, 0.5) is 5.95 Å². The Labute approximate surface area is 203 Å². The Balaban J connectivity index is 1.43. The van der Waals surface area contributed by atoms with Crippen LogP contribution in [0.2, 0.25) is 5.02 Å². The van der Waals surface area contributed by atoms with Crippen LogP contribution >= 0.6 is 11.6 Å². The third kappa shape index (κ3) is 3.74. The Morgan fingerprint density at radius 2 is 1.82 bits per heavy atom. The maximum absolute atomic E-state index is 12.1. The van der Waals surface area contributed by atoms with E-state index in [0.29, 0.717) is 24.7 Å². The summed E-state index contributed by atoms with van der Waals surface area (Å²) >= 11 is 6.30. The van der Waals surface area contributed by atoms with Crippen molar-refractivity contribution in [2.45, 2.75) is 31.3 Å². The predicted octanol–water partition coefficient (Wildman–Crippen LogP) is 4.24. The van der Waals surface area contributed by atoms with E-state index in [1.54, 1.807) is 0 Å². The molecule has 0 spiro atoms. The Morgan fingerprint density at radius 3 is 2.62 bits per heavy atom. The second kappa shape index (κ2) is 8.65. The van der Waals surface area contributed by atoms with E-state index in [2.05, 4.69) is 14.9 Å². The molecule has 174 valence electrons. The number of aryl methyl sites for hydroxylation is 1. The number of nitrogens with zero attached hydrogens (tertiary/aromatic N) is 5. The molecule has 1 atom stereocenters. The number of morpholine rings is 1. The van der Waals surface area contributed by atoms with Crippen molar-refractivity contribution < 1.29 is 9.84 Å². The van der Waals surface area contributed by atoms with E-state index in [0.717, 1.165) is 72.0 Å². The van der Waals surface area contributed by atoms with Gasteiger partial charge in [0.2, 0.25) is 5.95 Å². The van der Waals surface area contributed by atoms with Gasteiger partial charge in [0.05, 0.1) is 24.6 Å². The van der Waals surface area contributed by atoms with Crippen molar-refractivity contribution in [2.24, 2.45) is 0 Å². The molecule has 0 saturated carbocycles. The molecule has 8 heteroatoms. The van der Waals surface area contributed by atoms with E-state index in [-0.39, 0.29) is 0 Å². The van der Waals surface area contributed by atoms with Gasteiger partial charge in [-0.05, 0) is 55.5 Å². The SMILES string of the molecule is OC1(c2cccc(Cl)c2)CCCCc2nc3ccc(-c4cnc(N5CCOCC5)nc4)cn3c21. The van der Waals surface area contributed by atoms with E-state index in [1.807, 2.05) is 59.4 Å². The first-order valence-electron chi connectivity index (χ1n) is 11.8. The number of rotatable bonds is 3. The van der Waals surface area contributed by atoms with Gasteiger partial charge in [0, 0.05) is 47.8 Å². The van der Waals surface area contributed by atoms with Crippen molar-refractivity contribution in [1.82, 2.24) is 19.4 Å². The molecule has 1 aliphatic carbocycles. The summed E-state index contributed by atoms with van der Waals surface area (Å²) in [6.45, 7) is 3.00. The molecule has 0 amide bonds. The van der Waals surface area contributed by atoms with Gasteiger partial charge >= 0.3 is 0 Å². The van der Waals surface area contributed by atoms with Crippen LogP contribution in [-0.2, 0) is 16.8 Å². The van der Waals surface area contributed by atoms with Crippen LogP contribution in [0.25, 0.3) is 16.8 Å². The molecule has 1 aliphatic heterocycles. The van der Waals surface area contributed by atoms with Crippen molar-refractivity contribution >= 4 is 23.2 Å². The topological polar surface area (TPSA) is 75.8 Å². The van der Waals surface area contributed by atoms with E-state index in [9.17, 15) is 5.11 Å². The third-order valence-corrected chi connectivity index (χ3v) is 7.09. The highest BCUT2D eigenvalue weighted by molar-refractivity contribution is 6.30. The maximum Gasteiger partial charge on any atom is 0.225 e. The molecule has 0 bridgehead atoms. The molecule has 1 N–H and O–H groups in total. The Kier molecular flexibility index (Phi) is 5.48. The van der Waals surface area contributed by atoms with Gasteiger partial charge in [0.1, 0.15) is 11.2 Å². The molecule has 1 fully saturated rings. The molecule has 1 saturated heterocycles. The van der Waals surface area contributed by atoms with Gasteiger partial charge < -0.3 is 14.7 Å². The summed E-state index contributed by atoms with van der Waals surface area (Å²) in [5, 5.41) is 12.7. The summed E-state index contributed by atoms with van der Waals surface area (Å²) in [5.41, 5.74) is 4.12. The second-order valence-corrected chi connectivity index (χ2v) is 9.44. The number of aliphatic hydroxyl groups is 1. The van der Waals surface area contributed by atoms with Crippen molar-refractivity contribution in [3.05, 3.63) is 77.0 Å². The van der Waals surface area contributed by atoms with Crippen LogP contribution in [0, 0.1) is 0 Å². The van der Waals surface area contributed by atoms with E-state index in [1.165, 1.54) is 0 Å². The number of aromatic nitrogens is 4. The first-order chi connectivity index (χ1) is 16.6. The summed E-state index contributed by atoms with van der Waals surface area (Å²) in [7, 11) is 0. The molecule has 3 aromatic heterocycles. The number of halogens is 1. The smallest absolute Gasteiger partial charge is 0.225 e. The normalized spacial score (nSPS) is 20.8. The Bertz CT molecular complexity index is 1330. The van der Waals surface area contributed by atoms with E-state index >= 15 is 0 Å². The van der Waals surface area contributed by atoms with Crippen molar-refractivity contribution in [1.29, 1.82) is 0 Å². The van der Waals surface area contributed by atoms with Gasteiger partial charge in [-0.2, -0.15) is 0 Å². The molecule has 6 rings (SSSR count). The molecule has 7 nitrogen and oxygen atoms in total. The van der Waals surface area contributed by atoms with Crippen LogP contribution in [-0.4, -0.2) is 50.8 Å². The van der Waals surface area contributed by atoms with Crippen molar-refractivity contribution in [2.75, 3.05) is 31.2 Å². The lowest BCUT2D eigenvalue weighted by atomic mass is 9.86. The van der Waals surface area contributed by atoms with Crippen molar-refractivity contribution in [3.8, 4) is 11.1 Å². The fourth-order valence-electron chi connectivity index (χ4n) is 5.09. The highest BCUT2D eigenvalue weighted by Gasteiger charge is 2.38. The second-order valence-electron chi connectivity index (χ2n) is 9.00. The number of pyridine rings is 1. The van der Waals surface area contributed by atoms with Gasteiger partial charge in [-0.25, -0.2) is 15.0 Å². The fraction of sp³-hybridized carbons (Fsp3) is 0.346. The number of anilines is 1. The van der Waals surface area contributed by atoms with Gasteiger partial charge in [-0.15, -0.1) is 0 Å². The van der Waals surface area contributed by atoms with Crippen LogP contribution in [0.3, 0.4) is 0 Å². The first kappa shape index (κ1) is 21.5. The molecular formula is C26H26ClN5O2. The number of fused-ring (bicyclic) bond motifs is 3. The fourth-order valence-corrected chi connectivity index (χ4v) is 5.28. The van der Waals surface area contributed by atoms with Gasteiger partial charge in [0.25, 0.3) is 0 Å². The van der Waals surface area contributed by atoms with Gasteiger partial charge in [0.15, 0.2) is 0 Å². The summed E-state index contributed by atoms with van der Waals surface area (Å²) in [6, 6.07) is 11.6. The van der Waals surface area contributed by atoms with E-state index < -0.39 is 5.60 Å². The highest BCUT2D eigenvalue weighted by Crippen LogP contribution is 2.41. The lowest BCUT2D eigenvalue weighted by Gasteiger charge is -2.28. The summed E-state index contributed by atoms with van der Waals surface area (Å²) < 4.78 is 7.46.